The normalized spacial score (nSPS) is 16.2. The monoisotopic (exact) mass is 209 g/mol. The van der Waals surface area contributed by atoms with Crippen LogP contribution in [0, 0.1) is 0 Å². The Morgan fingerprint density at radius 1 is 1.00 bits per heavy atom. The van der Waals surface area contributed by atoms with Crippen LogP contribution in [0.2, 0.25) is 0 Å². The third-order valence-corrected chi connectivity index (χ3v) is 3.59. The van der Waals surface area contributed by atoms with Crippen LogP contribution in [0.5, 0.6) is 0 Å². The highest BCUT2D eigenvalue weighted by atomic mass is 15.5. The largest absolute Gasteiger partial charge is 0.249 e. The molecule has 3 heteroatoms. The molecule has 16 heavy (non-hydrogen) atoms. The van der Waals surface area contributed by atoms with E-state index in [4.69, 9.17) is 0 Å². The Morgan fingerprint density at radius 2 is 1.75 bits per heavy atom. The average molecular weight is 209 g/mol. The minimum absolute atomic E-state index is 1.01. The van der Waals surface area contributed by atoms with E-state index in [1.165, 1.54) is 27.6 Å². The molecule has 0 spiro atoms. The minimum Gasteiger partial charge on any atom is -0.249 e. The molecule has 0 saturated heterocycles. The molecule has 2 aromatic carbocycles. The maximum atomic E-state index is 4.25. The molecule has 0 unspecified atom stereocenters. The van der Waals surface area contributed by atoms with Gasteiger partial charge in [-0.15, -0.1) is 5.11 Å². The molecule has 2 aliphatic rings. The summed E-state index contributed by atoms with van der Waals surface area (Å²) in [4.78, 5) is 0. The molecule has 0 fully saturated rings. The molecule has 1 aliphatic carbocycles. The molecule has 0 radical (unpaired) electrons. The lowest BCUT2D eigenvalue weighted by atomic mass is 10.0. The predicted octanol–water partition coefficient (Wildman–Crippen LogP) is 3.39. The van der Waals surface area contributed by atoms with Crippen molar-refractivity contribution >= 4 is 22.1 Å². The fourth-order valence-electron chi connectivity index (χ4n) is 2.81. The van der Waals surface area contributed by atoms with E-state index in [0.29, 0.717) is 0 Å². The van der Waals surface area contributed by atoms with E-state index >= 15 is 0 Å². The number of anilines is 1. The van der Waals surface area contributed by atoms with Crippen molar-refractivity contribution in [1.82, 2.24) is 0 Å². The second-order valence-corrected chi connectivity index (χ2v) is 4.45. The molecule has 1 aliphatic heterocycles. The smallest absolute Gasteiger partial charge is 0.0974 e. The number of benzene rings is 2. The van der Waals surface area contributed by atoms with Crippen LogP contribution in [0.3, 0.4) is 0 Å². The highest BCUT2D eigenvalue weighted by Gasteiger charge is 2.22. The van der Waals surface area contributed by atoms with Gasteiger partial charge in [0.15, 0.2) is 0 Å². The van der Waals surface area contributed by atoms with Gasteiger partial charge in [0.05, 0.1) is 11.4 Å². The van der Waals surface area contributed by atoms with Gasteiger partial charge in [0.2, 0.25) is 0 Å². The maximum absolute atomic E-state index is 4.25. The summed E-state index contributed by atoms with van der Waals surface area (Å²) < 4.78 is 0. The minimum atomic E-state index is 1.01. The van der Waals surface area contributed by atoms with E-state index in [1.54, 1.807) is 0 Å². The SMILES string of the molecule is CN1N=Nc2ccc3c4c(ccc1c24)CC3. The first-order chi connectivity index (χ1) is 7.84. The van der Waals surface area contributed by atoms with Gasteiger partial charge in [-0.2, -0.15) is 0 Å². The Morgan fingerprint density at radius 3 is 2.56 bits per heavy atom. The second-order valence-electron chi connectivity index (χ2n) is 4.45. The fourth-order valence-corrected chi connectivity index (χ4v) is 2.81. The van der Waals surface area contributed by atoms with Crippen molar-refractivity contribution in [1.29, 1.82) is 0 Å². The number of nitrogens with zero attached hydrogens (tertiary/aromatic N) is 3. The first-order valence-corrected chi connectivity index (χ1v) is 5.57. The van der Waals surface area contributed by atoms with Gasteiger partial charge in [-0.05, 0) is 41.5 Å². The fraction of sp³-hybridized carbons (Fsp3) is 0.231. The summed E-state index contributed by atoms with van der Waals surface area (Å²) in [5, 5.41) is 12.9. The Hall–Kier alpha value is -1.90. The number of hydrogen-bond donors (Lipinski definition) is 0. The average Bonchev–Trinajstić information content (AvgIpc) is 2.73. The molecule has 4 rings (SSSR count). The van der Waals surface area contributed by atoms with Crippen LogP contribution in [0.15, 0.2) is 34.6 Å². The van der Waals surface area contributed by atoms with Gasteiger partial charge in [-0.3, -0.25) is 0 Å². The molecule has 0 amide bonds. The molecule has 78 valence electrons. The lowest BCUT2D eigenvalue weighted by Crippen LogP contribution is -2.10. The van der Waals surface area contributed by atoms with Gasteiger partial charge in [-0.1, -0.05) is 17.4 Å². The molecule has 0 bridgehead atoms. The van der Waals surface area contributed by atoms with Crippen molar-refractivity contribution in [3.8, 4) is 0 Å². The zero-order valence-corrected chi connectivity index (χ0v) is 9.07. The molecule has 0 aromatic heterocycles. The van der Waals surface area contributed by atoms with Crippen LogP contribution < -0.4 is 5.01 Å². The summed E-state index contributed by atoms with van der Waals surface area (Å²) >= 11 is 0. The number of hydrogen-bond acceptors (Lipinski definition) is 3. The molecule has 2 aromatic rings. The van der Waals surface area contributed by atoms with Crippen molar-refractivity contribution in [2.75, 3.05) is 12.1 Å². The van der Waals surface area contributed by atoms with E-state index in [-0.39, 0.29) is 0 Å². The van der Waals surface area contributed by atoms with Gasteiger partial charge in [0.1, 0.15) is 0 Å². The highest BCUT2D eigenvalue weighted by Crippen LogP contribution is 2.43. The standard InChI is InChI=1S/C13H11N3/c1-16-11-7-5-9-3-2-8-4-6-10(14-15-16)13(11)12(8)9/h4-7H,2-3H2,1H3. The molecule has 0 atom stereocenters. The van der Waals surface area contributed by atoms with Crippen molar-refractivity contribution in [2.24, 2.45) is 10.3 Å². The number of aryl methyl sites for hydroxylation is 2. The van der Waals surface area contributed by atoms with Crippen molar-refractivity contribution < 1.29 is 0 Å². The lowest BCUT2D eigenvalue weighted by Gasteiger charge is -2.20. The Bertz CT molecular complexity index is 633. The van der Waals surface area contributed by atoms with Crippen LogP contribution in [0.1, 0.15) is 11.1 Å². The van der Waals surface area contributed by atoms with Crippen LogP contribution in [-0.2, 0) is 12.8 Å². The van der Waals surface area contributed by atoms with Crippen molar-refractivity contribution in [3.63, 3.8) is 0 Å². The first-order valence-electron chi connectivity index (χ1n) is 5.57. The zero-order chi connectivity index (χ0) is 10.7. The van der Waals surface area contributed by atoms with Gasteiger partial charge >= 0.3 is 0 Å². The predicted molar refractivity (Wildman–Crippen MR) is 64.3 cm³/mol. The third kappa shape index (κ3) is 0.841. The van der Waals surface area contributed by atoms with E-state index < -0.39 is 0 Å². The van der Waals surface area contributed by atoms with Crippen LogP contribution in [0.25, 0.3) is 10.8 Å². The van der Waals surface area contributed by atoms with Gasteiger partial charge < -0.3 is 0 Å². The van der Waals surface area contributed by atoms with Crippen LogP contribution >= 0.6 is 0 Å². The molecule has 0 saturated carbocycles. The van der Waals surface area contributed by atoms with Gasteiger partial charge in [0.25, 0.3) is 0 Å². The number of rotatable bonds is 0. The summed E-state index contributed by atoms with van der Waals surface area (Å²) in [5.41, 5.74) is 5.10. The summed E-state index contributed by atoms with van der Waals surface area (Å²) in [6, 6.07) is 8.68. The van der Waals surface area contributed by atoms with Crippen LogP contribution in [0.4, 0.5) is 11.4 Å². The Kier molecular flexibility index (Phi) is 1.35. The first kappa shape index (κ1) is 8.28. The van der Waals surface area contributed by atoms with Crippen molar-refractivity contribution in [3.05, 3.63) is 35.4 Å². The summed E-state index contributed by atoms with van der Waals surface area (Å²) in [5.74, 6) is 0. The molecule has 0 N–H and O–H groups in total. The highest BCUT2D eigenvalue weighted by molar-refractivity contribution is 6.07. The lowest BCUT2D eigenvalue weighted by molar-refractivity contribution is 0.917. The molecule has 3 nitrogen and oxygen atoms in total. The summed E-state index contributed by atoms with van der Waals surface area (Å²) in [6.45, 7) is 0. The molecular weight excluding hydrogens is 198 g/mol. The van der Waals surface area contributed by atoms with Gasteiger partial charge in [-0.25, -0.2) is 5.01 Å². The molecule has 1 heterocycles. The van der Waals surface area contributed by atoms with Crippen molar-refractivity contribution in [2.45, 2.75) is 12.8 Å². The second kappa shape index (κ2) is 2.61. The zero-order valence-electron chi connectivity index (χ0n) is 9.07. The maximum Gasteiger partial charge on any atom is 0.0974 e. The van der Waals surface area contributed by atoms with E-state index in [1.807, 2.05) is 12.1 Å². The summed E-state index contributed by atoms with van der Waals surface area (Å²) in [7, 11) is 1.95. The van der Waals surface area contributed by atoms with Crippen LogP contribution in [-0.4, -0.2) is 7.05 Å². The third-order valence-electron chi connectivity index (χ3n) is 3.59. The molecular formula is C13H11N3. The summed E-state index contributed by atoms with van der Waals surface area (Å²) in [6.07, 6.45) is 2.33. The quantitative estimate of drug-likeness (QED) is 0.653. The Balaban J connectivity index is 2.27. The topological polar surface area (TPSA) is 28.0 Å². The van der Waals surface area contributed by atoms with E-state index in [2.05, 4.69) is 34.6 Å². The van der Waals surface area contributed by atoms with Gasteiger partial charge in [0, 0.05) is 12.4 Å². The van der Waals surface area contributed by atoms with E-state index in [9.17, 15) is 0 Å². The van der Waals surface area contributed by atoms with E-state index in [0.717, 1.165) is 18.5 Å². The Labute approximate surface area is 93.4 Å².